The molecule has 1 heterocycles. The molecule has 6 heteroatoms. The SMILES string of the molecule is CCc1nnc(NC(=O)[C@@H](N)Cc2ccccc2)s1. The second kappa shape index (κ2) is 6.40. The number of nitrogens with two attached hydrogens (primary N) is 1. The van der Waals surface area contributed by atoms with E-state index in [2.05, 4.69) is 15.5 Å². The van der Waals surface area contributed by atoms with Crippen LogP contribution in [-0.2, 0) is 17.6 Å². The van der Waals surface area contributed by atoms with Gasteiger partial charge in [0.25, 0.3) is 0 Å². The van der Waals surface area contributed by atoms with Gasteiger partial charge in [0.1, 0.15) is 5.01 Å². The molecule has 0 aliphatic heterocycles. The Morgan fingerprint density at radius 3 is 2.74 bits per heavy atom. The van der Waals surface area contributed by atoms with Crippen molar-refractivity contribution < 1.29 is 4.79 Å². The smallest absolute Gasteiger partial charge is 0.243 e. The Balaban J connectivity index is 1.92. The molecule has 1 atom stereocenters. The lowest BCUT2D eigenvalue weighted by molar-refractivity contribution is -0.117. The molecule has 0 saturated carbocycles. The highest BCUT2D eigenvalue weighted by Crippen LogP contribution is 2.15. The highest BCUT2D eigenvalue weighted by Gasteiger charge is 2.15. The molecule has 0 saturated heterocycles. The number of hydrogen-bond donors (Lipinski definition) is 2. The van der Waals surface area contributed by atoms with Crippen LogP contribution in [0.25, 0.3) is 0 Å². The number of benzene rings is 1. The Morgan fingerprint density at radius 1 is 1.37 bits per heavy atom. The number of carbonyl (C=O) groups is 1. The zero-order valence-electron chi connectivity index (χ0n) is 10.7. The highest BCUT2D eigenvalue weighted by atomic mass is 32.1. The van der Waals surface area contributed by atoms with Gasteiger partial charge in [-0.2, -0.15) is 0 Å². The number of rotatable bonds is 5. The van der Waals surface area contributed by atoms with Crippen molar-refractivity contribution in [2.24, 2.45) is 5.73 Å². The third-order valence-corrected chi connectivity index (χ3v) is 3.62. The van der Waals surface area contributed by atoms with Gasteiger partial charge in [-0.15, -0.1) is 10.2 Å². The van der Waals surface area contributed by atoms with Gasteiger partial charge in [0.15, 0.2) is 0 Å². The number of carbonyl (C=O) groups excluding carboxylic acids is 1. The first-order chi connectivity index (χ1) is 9.19. The Hall–Kier alpha value is -1.79. The highest BCUT2D eigenvalue weighted by molar-refractivity contribution is 7.15. The molecule has 0 unspecified atom stereocenters. The number of aryl methyl sites for hydroxylation is 1. The molecule has 2 aromatic rings. The second-order valence-electron chi connectivity index (χ2n) is 4.14. The number of aromatic nitrogens is 2. The Labute approximate surface area is 115 Å². The van der Waals surface area contributed by atoms with Gasteiger partial charge in [0.05, 0.1) is 6.04 Å². The van der Waals surface area contributed by atoms with Crippen molar-refractivity contribution in [3.63, 3.8) is 0 Å². The van der Waals surface area contributed by atoms with Crippen LogP contribution in [0.15, 0.2) is 30.3 Å². The van der Waals surface area contributed by atoms with Crippen molar-refractivity contribution in [1.82, 2.24) is 10.2 Å². The van der Waals surface area contributed by atoms with E-state index < -0.39 is 6.04 Å². The quantitative estimate of drug-likeness (QED) is 0.869. The van der Waals surface area contributed by atoms with Crippen molar-refractivity contribution in [3.05, 3.63) is 40.9 Å². The normalized spacial score (nSPS) is 12.1. The Kier molecular flexibility index (Phi) is 4.59. The fourth-order valence-corrected chi connectivity index (χ4v) is 2.29. The molecule has 0 aliphatic rings. The summed E-state index contributed by atoms with van der Waals surface area (Å²) < 4.78 is 0. The molecule has 0 radical (unpaired) electrons. The third kappa shape index (κ3) is 3.84. The minimum absolute atomic E-state index is 0.234. The molecule has 2 rings (SSSR count). The standard InChI is InChI=1S/C13H16N4OS/c1-2-11-16-17-13(19-11)15-12(18)10(14)8-9-6-4-3-5-7-9/h3-7,10H,2,8,14H2,1H3,(H,15,17,18)/t10-/m0/s1. The predicted molar refractivity (Wildman–Crippen MR) is 76.0 cm³/mol. The molecule has 0 aliphatic carbocycles. The minimum Gasteiger partial charge on any atom is -0.320 e. The van der Waals surface area contributed by atoms with Crippen molar-refractivity contribution >= 4 is 22.4 Å². The van der Waals surface area contributed by atoms with Crippen molar-refractivity contribution in [2.45, 2.75) is 25.8 Å². The molecule has 0 spiro atoms. The van der Waals surface area contributed by atoms with Crippen molar-refractivity contribution in [1.29, 1.82) is 0 Å². The van der Waals surface area contributed by atoms with E-state index in [0.717, 1.165) is 17.0 Å². The summed E-state index contributed by atoms with van der Waals surface area (Å²) in [6.07, 6.45) is 1.32. The molecular formula is C13H16N4OS. The van der Waals surface area contributed by atoms with Gasteiger partial charge in [0, 0.05) is 0 Å². The summed E-state index contributed by atoms with van der Waals surface area (Å²) in [5.41, 5.74) is 6.92. The summed E-state index contributed by atoms with van der Waals surface area (Å²) in [6, 6.07) is 9.11. The van der Waals surface area contributed by atoms with E-state index >= 15 is 0 Å². The third-order valence-electron chi connectivity index (χ3n) is 2.63. The lowest BCUT2D eigenvalue weighted by Gasteiger charge is -2.10. The molecular weight excluding hydrogens is 260 g/mol. The summed E-state index contributed by atoms with van der Waals surface area (Å²) in [6.45, 7) is 1.99. The monoisotopic (exact) mass is 276 g/mol. The Morgan fingerprint density at radius 2 is 2.11 bits per heavy atom. The van der Waals surface area contributed by atoms with Crippen molar-refractivity contribution in [3.8, 4) is 0 Å². The molecule has 0 fully saturated rings. The summed E-state index contributed by atoms with van der Waals surface area (Å²) in [5, 5.41) is 11.9. The van der Waals surface area contributed by atoms with Gasteiger partial charge in [0.2, 0.25) is 11.0 Å². The van der Waals surface area contributed by atoms with Gasteiger partial charge in [-0.1, -0.05) is 48.6 Å². The maximum atomic E-state index is 11.9. The fraction of sp³-hybridized carbons (Fsp3) is 0.308. The van der Waals surface area contributed by atoms with Gasteiger partial charge < -0.3 is 5.73 Å². The van der Waals surface area contributed by atoms with Crippen LogP contribution in [0.4, 0.5) is 5.13 Å². The van der Waals surface area contributed by atoms with E-state index in [9.17, 15) is 4.79 Å². The van der Waals surface area contributed by atoms with Crippen LogP contribution in [0, 0.1) is 0 Å². The summed E-state index contributed by atoms with van der Waals surface area (Å²) in [5.74, 6) is -0.234. The molecule has 1 amide bonds. The molecule has 5 nitrogen and oxygen atoms in total. The first-order valence-corrected chi connectivity index (χ1v) is 6.93. The lowest BCUT2D eigenvalue weighted by atomic mass is 10.1. The van der Waals surface area contributed by atoms with E-state index in [1.807, 2.05) is 37.3 Å². The van der Waals surface area contributed by atoms with Crippen LogP contribution in [0.2, 0.25) is 0 Å². The molecule has 0 bridgehead atoms. The molecule has 19 heavy (non-hydrogen) atoms. The van der Waals surface area contributed by atoms with Gasteiger partial charge in [-0.25, -0.2) is 0 Å². The minimum atomic E-state index is -0.587. The van der Waals surface area contributed by atoms with Crippen LogP contribution in [0.5, 0.6) is 0 Å². The van der Waals surface area contributed by atoms with E-state index in [0.29, 0.717) is 11.6 Å². The summed E-state index contributed by atoms with van der Waals surface area (Å²) >= 11 is 1.38. The maximum Gasteiger partial charge on any atom is 0.243 e. The topological polar surface area (TPSA) is 80.9 Å². The van der Waals surface area contributed by atoms with E-state index in [1.54, 1.807) is 0 Å². The zero-order valence-corrected chi connectivity index (χ0v) is 11.5. The van der Waals surface area contributed by atoms with Crippen LogP contribution in [0.3, 0.4) is 0 Å². The first-order valence-electron chi connectivity index (χ1n) is 6.11. The van der Waals surface area contributed by atoms with E-state index in [1.165, 1.54) is 11.3 Å². The average molecular weight is 276 g/mol. The number of nitrogens with zero attached hydrogens (tertiary/aromatic N) is 2. The van der Waals surface area contributed by atoms with E-state index in [4.69, 9.17) is 5.73 Å². The zero-order chi connectivity index (χ0) is 13.7. The number of anilines is 1. The van der Waals surface area contributed by atoms with Gasteiger partial charge >= 0.3 is 0 Å². The molecule has 3 N–H and O–H groups in total. The number of hydrogen-bond acceptors (Lipinski definition) is 5. The largest absolute Gasteiger partial charge is 0.320 e. The first kappa shape index (κ1) is 13.6. The van der Waals surface area contributed by atoms with Gasteiger partial charge in [-0.05, 0) is 18.4 Å². The molecule has 100 valence electrons. The fourth-order valence-electron chi connectivity index (χ4n) is 1.61. The summed E-state index contributed by atoms with van der Waals surface area (Å²) in [4.78, 5) is 11.9. The Bertz CT molecular complexity index is 541. The summed E-state index contributed by atoms with van der Waals surface area (Å²) in [7, 11) is 0. The maximum absolute atomic E-state index is 11.9. The van der Waals surface area contributed by atoms with Crippen molar-refractivity contribution in [2.75, 3.05) is 5.32 Å². The number of amides is 1. The van der Waals surface area contributed by atoms with Crippen LogP contribution >= 0.6 is 11.3 Å². The lowest BCUT2D eigenvalue weighted by Crippen LogP contribution is -2.37. The van der Waals surface area contributed by atoms with Crippen LogP contribution in [0.1, 0.15) is 17.5 Å². The van der Waals surface area contributed by atoms with E-state index in [-0.39, 0.29) is 5.91 Å². The molecule has 1 aromatic carbocycles. The van der Waals surface area contributed by atoms with Crippen LogP contribution < -0.4 is 11.1 Å². The number of nitrogens with one attached hydrogen (secondary N) is 1. The molecule has 1 aromatic heterocycles. The average Bonchev–Trinajstić information content (AvgIpc) is 2.87. The predicted octanol–water partition coefficient (Wildman–Crippen LogP) is 1.61. The van der Waals surface area contributed by atoms with Crippen LogP contribution in [-0.4, -0.2) is 22.1 Å². The van der Waals surface area contributed by atoms with Gasteiger partial charge in [-0.3, -0.25) is 10.1 Å². The second-order valence-corrected chi connectivity index (χ2v) is 5.20.